The van der Waals surface area contributed by atoms with Gasteiger partial charge in [0.25, 0.3) is 5.91 Å². The maximum Gasteiger partial charge on any atom is 0.407 e. The lowest BCUT2D eigenvalue weighted by molar-refractivity contribution is -0.137. The van der Waals surface area contributed by atoms with E-state index in [-0.39, 0.29) is 23.9 Å². The summed E-state index contributed by atoms with van der Waals surface area (Å²) in [6.07, 6.45) is 9.63. The minimum atomic E-state index is -1.16. The number of imidazole rings is 2. The van der Waals surface area contributed by atoms with Crippen molar-refractivity contribution < 1.29 is 19.5 Å². The van der Waals surface area contributed by atoms with E-state index < -0.39 is 12.1 Å². The Bertz CT molecular complexity index is 2340. The van der Waals surface area contributed by atoms with Crippen LogP contribution in [0.4, 0.5) is 4.79 Å². The average molecular weight is 749 g/mol. The summed E-state index contributed by atoms with van der Waals surface area (Å²) in [5.74, 6) is 1.32. The highest BCUT2D eigenvalue weighted by molar-refractivity contribution is 5.87. The molecular formula is C44H44N8O4. The van der Waals surface area contributed by atoms with E-state index in [4.69, 9.17) is 9.97 Å². The second-order valence-corrected chi connectivity index (χ2v) is 14.7. The molecule has 2 fully saturated rings. The predicted octanol–water partition coefficient (Wildman–Crippen LogP) is 7.76. The number of aromatic nitrogens is 5. The number of aryl methyl sites for hydroxylation is 1. The molecule has 6 aromatic rings. The summed E-state index contributed by atoms with van der Waals surface area (Å²) in [4.78, 5) is 64.5. The zero-order valence-electron chi connectivity index (χ0n) is 31.4. The number of likely N-dealkylation sites (tertiary alicyclic amines) is 2. The number of amides is 3. The van der Waals surface area contributed by atoms with Crippen LogP contribution in [0.25, 0.3) is 33.6 Å². The number of likely N-dealkylation sites (N-methyl/N-ethyl adjacent to an activating group) is 1. The topological polar surface area (TPSA) is 151 Å². The van der Waals surface area contributed by atoms with Crippen molar-refractivity contribution in [2.24, 2.45) is 0 Å². The van der Waals surface area contributed by atoms with Gasteiger partial charge in [-0.15, -0.1) is 0 Å². The molecule has 56 heavy (non-hydrogen) atoms. The lowest BCUT2D eigenvalue weighted by Gasteiger charge is -2.32. The summed E-state index contributed by atoms with van der Waals surface area (Å²) in [6.45, 7) is 3.35. The molecule has 0 unspecified atom stereocenters. The van der Waals surface area contributed by atoms with Gasteiger partial charge in [-0.1, -0.05) is 72.8 Å². The summed E-state index contributed by atoms with van der Waals surface area (Å²) in [5, 5.41) is 9.80. The van der Waals surface area contributed by atoms with Crippen LogP contribution in [0.5, 0.6) is 0 Å². The van der Waals surface area contributed by atoms with Crippen LogP contribution < -0.4 is 0 Å². The van der Waals surface area contributed by atoms with Crippen LogP contribution in [-0.2, 0) is 16.0 Å². The Hall–Kier alpha value is -6.56. The minimum absolute atomic E-state index is 0.0739. The molecule has 12 heteroatoms. The van der Waals surface area contributed by atoms with Crippen LogP contribution in [-0.4, -0.2) is 82.8 Å². The van der Waals surface area contributed by atoms with Gasteiger partial charge in [0.05, 0.1) is 42.3 Å². The zero-order valence-corrected chi connectivity index (χ0v) is 31.4. The van der Waals surface area contributed by atoms with Crippen molar-refractivity contribution in [3.63, 3.8) is 0 Å². The lowest BCUT2D eigenvalue weighted by atomic mass is 9.96. The molecule has 0 radical (unpaired) electrons. The average Bonchev–Trinajstić information content (AvgIpc) is 4.06. The fraction of sp³-hybridized carbons (Fsp3) is 0.273. The Morgan fingerprint density at radius 3 is 2.05 bits per heavy atom. The third kappa shape index (κ3) is 7.29. The number of nitrogens with zero attached hydrogens (tertiary/aromatic N) is 6. The number of H-pyrrole nitrogens is 2. The van der Waals surface area contributed by atoms with Crippen molar-refractivity contribution in [1.29, 1.82) is 0 Å². The van der Waals surface area contributed by atoms with Gasteiger partial charge in [-0.3, -0.25) is 19.5 Å². The summed E-state index contributed by atoms with van der Waals surface area (Å²) in [6, 6.07) is 26.2. The molecule has 8 rings (SSSR count). The first-order valence-electron chi connectivity index (χ1n) is 19.1. The van der Waals surface area contributed by atoms with Gasteiger partial charge in [-0.2, -0.15) is 0 Å². The predicted molar refractivity (Wildman–Crippen MR) is 212 cm³/mol. The number of nitrogens with one attached hydrogen (secondary N) is 2. The molecule has 3 aromatic carbocycles. The van der Waals surface area contributed by atoms with Crippen molar-refractivity contribution in [3.8, 4) is 33.6 Å². The molecule has 3 amide bonds. The molecule has 2 aliphatic rings. The highest BCUT2D eigenvalue weighted by atomic mass is 16.4. The largest absolute Gasteiger partial charge is 0.465 e. The third-order valence-electron chi connectivity index (χ3n) is 11.1. The molecule has 3 atom stereocenters. The molecule has 12 nitrogen and oxygen atoms in total. The van der Waals surface area contributed by atoms with Gasteiger partial charge in [0.2, 0.25) is 5.91 Å². The Morgan fingerprint density at radius 2 is 1.41 bits per heavy atom. The summed E-state index contributed by atoms with van der Waals surface area (Å²) in [5.41, 5.74) is 8.62. The third-order valence-corrected chi connectivity index (χ3v) is 11.1. The van der Waals surface area contributed by atoms with Crippen molar-refractivity contribution in [2.45, 2.75) is 57.2 Å². The molecule has 284 valence electrons. The van der Waals surface area contributed by atoms with Crippen LogP contribution >= 0.6 is 0 Å². The van der Waals surface area contributed by atoms with Gasteiger partial charge in [-0.05, 0) is 83.7 Å². The van der Waals surface area contributed by atoms with Gasteiger partial charge in [0, 0.05) is 32.5 Å². The van der Waals surface area contributed by atoms with Crippen molar-refractivity contribution in [3.05, 3.63) is 138 Å². The molecule has 3 N–H and O–H groups in total. The van der Waals surface area contributed by atoms with Crippen LogP contribution in [0.3, 0.4) is 0 Å². The fourth-order valence-corrected chi connectivity index (χ4v) is 8.17. The molecule has 0 bridgehead atoms. The number of hydrogen-bond donors (Lipinski definition) is 3. The van der Waals surface area contributed by atoms with Gasteiger partial charge in [-0.25, -0.2) is 14.8 Å². The van der Waals surface area contributed by atoms with Crippen LogP contribution in [0.15, 0.2) is 110 Å². The molecule has 2 aliphatic heterocycles. The number of carbonyl (C=O) groups excluding carboxylic acids is 2. The van der Waals surface area contributed by atoms with Crippen molar-refractivity contribution in [2.75, 3.05) is 20.1 Å². The number of rotatable bonds is 10. The summed E-state index contributed by atoms with van der Waals surface area (Å²) >= 11 is 0. The number of carboxylic acid groups (broad SMARTS) is 1. The second kappa shape index (κ2) is 15.7. The van der Waals surface area contributed by atoms with E-state index in [0.717, 1.165) is 87.7 Å². The maximum absolute atomic E-state index is 14.0. The monoisotopic (exact) mass is 748 g/mol. The van der Waals surface area contributed by atoms with Crippen LogP contribution in [0.1, 0.15) is 72.1 Å². The van der Waals surface area contributed by atoms with E-state index in [1.54, 1.807) is 35.6 Å². The van der Waals surface area contributed by atoms with Crippen molar-refractivity contribution in [1.82, 2.24) is 39.6 Å². The van der Waals surface area contributed by atoms with E-state index in [1.165, 1.54) is 7.05 Å². The Morgan fingerprint density at radius 1 is 0.786 bits per heavy atom. The first kappa shape index (κ1) is 36.4. The molecular weight excluding hydrogens is 705 g/mol. The zero-order chi connectivity index (χ0) is 38.8. The summed E-state index contributed by atoms with van der Waals surface area (Å²) in [7, 11) is 1.43. The van der Waals surface area contributed by atoms with Gasteiger partial charge < -0.3 is 24.9 Å². The normalized spacial score (nSPS) is 17.2. The highest BCUT2D eigenvalue weighted by Crippen LogP contribution is 2.37. The van der Waals surface area contributed by atoms with Gasteiger partial charge in [0.1, 0.15) is 17.7 Å². The number of benzene rings is 3. The number of hydrogen-bond acceptors (Lipinski definition) is 6. The lowest BCUT2D eigenvalue weighted by Crippen LogP contribution is -2.43. The SMILES string of the molecule is Cc1cc(-c2cnc([C@@H]3CCCN3C(=O)Cc3cccnc3)[nH]2)ccc1-c1ccc(-c2cnc([C@@H]3CCCN3C(=O)[C@@H](c3ccccc3)N(C)C(=O)O)[nH]2)cc1. The number of aromatic amines is 2. The van der Waals surface area contributed by atoms with Gasteiger partial charge >= 0.3 is 6.09 Å². The quantitative estimate of drug-likeness (QED) is 0.130. The molecule has 0 spiro atoms. The second-order valence-electron chi connectivity index (χ2n) is 14.7. The first-order chi connectivity index (χ1) is 27.2. The molecule has 5 heterocycles. The maximum atomic E-state index is 14.0. The summed E-state index contributed by atoms with van der Waals surface area (Å²) < 4.78 is 0. The smallest absolute Gasteiger partial charge is 0.407 e. The Labute approximate surface area is 325 Å². The van der Waals surface area contributed by atoms with Crippen LogP contribution in [0.2, 0.25) is 0 Å². The minimum Gasteiger partial charge on any atom is -0.465 e. The number of carbonyl (C=O) groups is 3. The molecule has 3 aromatic heterocycles. The molecule has 0 aliphatic carbocycles. The molecule has 2 saturated heterocycles. The van der Waals surface area contributed by atoms with Crippen LogP contribution in [0, 0.1) is 6.92 Å². The number of pyridine rings is 1. The molecule has 0 saturated carbocycles. The van der Waals surface area contributed by atoms with E-state index >= 15 is 0 Å². The highest BCUT2D eigenvalue weighted by Gasteiger charge is 2.39. The van der Waals surface area contributed by atoms with Crippen molar-refractivity contribution >= 4 is 17.9 Å². The van der Waals surface area contributed by atoms with Gasteiger partial charge in [0.15, 0.2) is 0 Å². The standard InChI is InChI=1S/C44H44N8O4/c1-28-23-33(36-27-47-41(49-36)37-12-7-21-51(37)39(53)24-29-9-6-20-45-25-29)18-19-34(28)30-14-16-31(17-15-30)35-26-46-42(48-35)38-13-8-22-52(38)43(54)40(50(2)44(55)56)32-10-4-3-5-11-32/h3-6,9-11,14-20,23,25-27,37-38,40H,7-8,12-13,21-22,24H2,1-2H3,(H,46,48)(H,47,49)(H,55,56)/t37-,38-,40+/m0/s1. The fourth-order valence-electron chi connectivity index (χ4n) is 8.17. The van der Waals surface area contributed by atoms with E-state index in [2.05, 4.69) is 64.3 Å². The Balaban J connectivity index is 0.946. The first-order valence-corrected chi connectivity index (χ1v) is 19.1. The van der Waals surface area contributed by atoms with E-state index in [1.807, 2.05) is 41.4 Å². The van der Waals surface area contributed by atoms with E-state index in [9.17, 15) is 19.5 Å². The Kier molecular flexibility index (Phi) is 10.2. The van der Waals surface area contributed by atoms with E-state index in [0.29, 0.717) is 24.4 Å².